The third kappa shape index (κ3) is 32.9. The van der Waals surface area contributed by atoms with E-state index in [9.17, 15) is 14.4 Å². The van der Waals surface area contributed by atoms with Crippen molar-refractivity contribution in [2.45, 2.75) is 240 Å². The molecular weight excluding hydrogens is 769 g/mol. The lowest BCUT2D eigenvalue weighted by Gasteiger charge is -2.24. The molecule has 0 radical (unpaired) electrons. The van der Waals surface area contributed by atoms with Gasteiger partial charge in [-0.2, -0.15) is 0 Å². The summed E-state index contributed by atoms with van der Waals surface area (Å²) in [7, 11) is 3.90. The molecule has 1 rings (SSSR count). The number of carbonyl (C=O) groups is 3. The molecule has 1 saturated heterocycles. The van der Waals surface area contributed by atoms with Crippen LogP contribution in [0.3, 0.4) is 0 Å². The van der Waals surface area contributed by atoms with Crippen molar-refractivity contribution in [3.63, 3.8) is 0 Å². The summed E-state index contributed by atoms with van der Waals surface area (Å²) in [5.74, 6) is -2.19. The van der Waals surface area contributed by atoms with Crippen molar-refractivity contribution in [1.82, 2.24) is 9.80 Å². The summed E-state index contributed by atoms with van der Waals surface area (Å²) in [5.41, 5.74) is 0. The Balaban J connectivity index is 0.0000183. The number of esters is 2. The number of hydrogen-bond acceptors (Lipinski definition) is 6. The van der Waals surface area contributed by atoms with Crippen molar-refractivity contribution in [2.24, 2.45) is 11.8 Å². The van der Waals surface area contributed by atoms with Crippen LogP contribution in [0.15, 0.2) is 48.6 Å². The maximum Gasteiger partial charge on any atom is 0.311 e. The predicted molar refractivity (Wildman–Crippen MR) is 266 cm³/mol. The number of hydrogen-bond donors (Lipinski definition) is 0. The fourth-order valence-corrected chi connectivity index (χ4v) is 7.84. The molecule has 1 amide bonds. The normalized spacial score (nSPS) is 15.6. The van der Waals surface area contributed by atoms with Crippen LogP contribution in [-0.2, 0) is 23.9 Å². The van der Waals surface area contributed by atoms with Gasteiger partial charge in [0.15, 0.2) is 0 Å². The first-order valence-electron chi connectivity index (χ1n) is 26.2. The Labute approximate surface area is 384 Å². The molecule has 0 N–H and O–H groups in total. The molecule has 2 unspecified atom stereocenters. The average Bonchev–Trinajstić information content (AvgIpc) is 3.73. The van der Waals surface area contributed by atoms with E-state index in [-0.39, 0.29) is 43.1 Å². The van der Waals surface area contributed by atoms with Crippen molar-refractivity contribution in [1.29, 1.82) is 0 Å². The van der Waals surface area contributed by atoms with Gasteiger partial charge in [-0.15, -0.1) is 0 Å². The number of unbranched alkanes of at least 4 members (excludes halogenated alkanes) is 16. The van der Waals surface area contributed by atoms with E-state index in [2.05, 4.69) is 76.3 Å². The van der Waals surface area contributed by atoms with E-state index >= 15 is 0 Å². The van der Waals surface area contributed by atoms with Gasteiger partial charge in [0.1, 0.15) is 12.2 Å². The third-order valence-corrected chi connectivity index (χ3v) is 11.8. The summed E-state index contributed by atoms with van der Waals surface area (Å²) < 4.78 is 12.7. The Morgan fingerprint density at radius 3 is 1.02 bits per heavy atom. The van der Waals surface area contributed by atoms with Gasteiger partial charge in [0, 0.05) is 26.1 Å². The zero-order valence-electron chi connectivity index (χ0n) is 42.0. The molecule has 1 aliphatic rings. The maximum atomic E-state index is 14.2. The lowest BCUT2D eigenvalue weighted by Crippen LogP contribution is -2.35. The van der Waals surface area contributed by atoms with Gasteiger partial charge in [-0.25, -0.2) is 0 Å². The van der Waals surface area contributed by atoms with Crippen molar-refractivity contribution in [3.05, 3.63) is 48.6 Å². The molecule has 0 aromatic carbocycles. The van der Waals surface area contributed by atoms with E-state index in [1.54, 1.807) is 4.90 Å². The standard InChI is InChI=1S/C53H94N2O5.C2H6/c1-7-11-15-19-23-27-31-35-39-47(40-36-32-28-24-20-16-12-8-2)59-52(57)49-45-55(51(56)43-44-54(5)6)46-50(49)53(58)60-48(41-37-33-29-25-21-17-13-9-3)42-38-34-30-26-22-18-14-10-4;1-2/h23-30,47-50H,7-22,31-46H2,1-6H3;1-2H3/b27-23-,28-24-,29-25-,30-26-;. The van der Waals surface area contributed by atoms with E-state index in [4.69, 9.17) is 9.47 Å². The van der Waals surface area contributed by atoms with Crippen LogP contribution in [0.5, 0.6) is 0 Å². The van der Waals surface area contributed by atoms with Gasteiger partial charge in [0.2, 0.25) is 5.91 Å². The first kappa shape index (κ1) is 59.3. The van der Waals surface area contributed by atoms with Gasteiger partial charge >= 0.3 is 11.9 Å². The Hall–Kier alpha value is -2.67. The minimum atomic E-state index is -0.724. The summed E-state index contributed by atoms with van der Waals surface area (Å²) in [6.45, 7) is 13.9. The van der Waals surface area contributed by atoms with Crippen LogP contribution in [0.4, 0.5) is 0 Å². The Bertz CT molecular complexity index is 1050. The van der Waals surface area contributed by atoms with Crippen LogP contribution in [0.1, 0.15) is 228 Å². The van der Waals surface area contributed by atoms with Gasteiger partial charge in [-0.3, -0.25) is 14.4 Å². The molecule has 0 aromatic rings. The fourth-order valence-electron chi connectivity index (χ4n) is 7.84. The topological polar surface area (TPSA) is 76.2 Å². The highest BCUT2D eigenvalue weighted by Crippen LogP contribution is 2.30. The first-order valence-corrected chi connectivity index (χ1v) is 26.2. The van der Waals surface area contributed by atoms with E-state index in [1.165, 1.54) is 77.0 Å². The number of carbonyl (C=O) groups excluding carboxylic acids is 3. The van der Waals surface area contributed by atoms with Crippen molar-refractivity contribution in [3.8, 4) is 0 Å². The van der Waals surface area contributed by atoms with Crippen LogP contribution in [-0.4, -0.2) is 73.6 Å². The molecule has 7 heteroatoms. The monoisotopic (exact) mass is 869 g/mol. The molecule has 0 bridgehead atoms. The minimum Gasteiger partial charge on any atom is -0.462 e. The molecule has 0 saturated carbocycles. The molecule has 62 heavy (non-hydrogen) atoms. The molecule has 0 spiro atoms. The second-order valence-corrected chi connectivity index (χ2v) is 17.8. The van der Waals surface area contributed by atoms with Crippen LogP contribution < -0.4 is 0 Å². The average molecular weight is 869 g/mol. The third-order valence-electron chi connectivity index (χ3n) is 11.8. The lowest BCUT2D eigenvalue weighted by molar-refractivity contribution is -0.165. The lowest BCUT2D eigenvalue weighted by atomic mass is 9.95. The molecule has 7 nitrogen and oxygen atoms in total. The molecule has 1 fully saturated rings. The van der Waals surface area contributed by atoms with Gasteiger partial charge in [0.25, 0.3) is 0 Å². The smallest absolute Gasteiger partial charge is 0.311 e. The fraction of sp³-hybridized carbons (Fsp3) is 0.800. The summed E-state index contributed by atoms with van der Waals surface area (Å²) in [6, 6.07) is 0. The summed E-state index contributed by atoms with van der Waals surface area (Å²) in [4.78, 5) is 45.6. The minimum absolute atomic E-state index is 0.0298. The summed E-state index contributed by atoms with van der Waals surface area (Å²) in [6.07, 6.45) is 48.4. The van der Waals surface area contributed by atoms with Crippen LogP contribution >= 0.6 is 0 Å². The number of amides is 1. The molecule has 2 atom stereocenters. The summed E-state index contributed by atoms with van der Waals surface area (Å²) >= 11 is 0. The van der Waals surface area contributed by atoms with E-state index < -0.39 is 11.8 Å². The highest BCUT2D eigenvalue weighted by molar-refractivity contribution is 5.86. The zero-order valence-corrected chi connectivity index (χ0v) is 42.0. The second-order valence-electron chi connectivity index (χ2n) is 17.8. The highest BCUT2D eigenvalue weighted by atomic mass is 16.6. The largest absolute Gasteiger partial charge is 0.462 e. The Kier molecular flexibility index (Phi) is 41.7. The number of nitrogens with zero attached hydrogens (tertiary/aromatic N) is 2. The SMILES string of the molecule is CC.CCCCC/C=C\CCCC(CCC/C=C\CCCCC)OC(=O)C1CN(C(=O)CCN(C)C)CC1C(=O)OC(CCC/C=C\CCCCC)CCC/C=C\CCCCC. The van der Waals surface area contributed by atoms with E-state index in [0.717, 1.165) is 103 Å². The van der Waals surface area contributed by atoms with Gasteiger partial charge in [-0.05, 0) is 143 Å². The van der Waals surface area contributed by atoms with Gasteiger partial charge in [-0.1, -0.05) is 142 Å². The molecule has 0 aliphatic carbocycles. The Morgan fingerprint density at radius 2 is 0.758 bits per heavy atom. The quantitative estimate of drug-likeness (QED) is 0.0348. The van der Waals surface area contributed by atoms with Gasteiger partial charge < -0.3 is 19.3 Å². The highest BCUT2D eigenvalue weighted by Gasteiger charge is 2.46. The summed E-state index contributed by atoms with van der Waals surface area (Å²) in [5, 5.41) is 0. The van der Waals surface area contributed by atoms with Crippen molar-refractivity contribution in [2.75, 3.05) is 33.7 Å². The number of likely N-dealkylation sites (tertiary alicyclic amines) is 1. The maximum absolute atomic E-state index is 14.2. The molecule has 1 aliphatic heterocycles. The number of rotatable bonds is 39. The predicted octanol–water partition coefficient (Wildman–Crippen LogP) is 15.1. The number of allylic oxidation sites excluding steroid dienone is 8. The Morgan fingerprint density at radius 1 is 0.484 bits per heavy atom. The molecular formula is C55H100N2O5. The number of ether oxygens (including phenoxy) is 2. The van der Waals surface area contributed by atoms with E-state index in [0.29, 0.717) is 13.0 Å². The van der Waals surface area contributed by atoms with E-state index in [1.807, 2.05) is 32.8 Å². The van der Waals surface area contributed by atoms with Crippen LogP contribution in [0, 0.1) is 11.8 Å². The van der Waals surface area contributed by atoms with Crippen LogP contribution in [0.25, 0.3) is 0 Å². The second kappa shape index (κ2) is 43.6. The van der Waals surface area contributed by atoms with Crippen molar-refractivity contribution >= 4 is 17.8 Å². The molecule has 0 aromatic heterocycles. The van der Waals surface area contributed by atoms with Crippen molar-refractivity contribution < 1.29 is 23.9 Å². The van der Waals surface area contributed by atoms with Crippen LogP contribution in [0.2, 0.25) is 0 Å². The first-order chi connectivity index (χ1) is 30.3. The van der Waals surface area contributed by atoms with Gasteiger partial charge in [0.05, 0.1) is 11.8 Å². The molecule has 360 valence electrons. The zero-order chi connectivity index (χ0) is 45.9. The molecule has 1 heterocycles.